The van der Waals surface area contributed by atoms with E-state index in [4.69, 9.17) is 14.6 Å². The molecule has 0 aliphatic rings. The molecule has 0 saturated heterocycles. The third-order valence-corrected chi connectivity index (χ3v) is 5.10. The number of aryl methyl sites for hydroxylation is 2. The quantitative estimate of drug-likeness (QED) is 0.269. The van der Waals surface area contributed by atoms with Crippen molar-refractivity contribution in [2.45, 2.75) is 20.3 Å². The highest BCUT2D eigenvalue weighted by Crippen LogP contribution is 2.33. The van der Waals surface area contributed by atoms with Crippen LogP contribution in [0.25, 0.3) is 5.69 Å². The van der Waals surface area contributed by atoms with E-state index < -0.39 is 12.6 Å². The zero-order chi connectivity index (χ0) is 24.7. The Balaban J connectivity index is 1.79. The van der Waals surface area contributed by atoms with Crippen LogP contribution in [0.15, 0.2) is 66.3 Å². The van der Waals surface area contributed by atoms with Crippen LogP contribution in [0, 0.1) is 13.8 Å². The number of amides is 1. The zero-order valence-electron chi connectivity index (χ0n) is 19.4. The Hall–Kier alpha value is -4.33. The minimum Gasteiger partial charge on any atom is -0.493 e. The number of benzene rings is 2. The van der Waals surface area contributed by atoms with Crippen LogP contribution in [0.4, 0.5) is 0 Å². The lowest BCUT2D eigenvalue weighted by atomic mass is 10.1. The first kappa shape index (κ1) is 24.3. The van der Waals surface area contributed by atoms with Gasteiger partial charge in [-0.25, -0.2) is 10.2 Å². The summed E-state index contributed by atoms with van der Waals surface area (Å²) < 4.78 is 12.8. The van der Waals surface area contributed by atoms with E-state index in [1.807, 2.05) is 44.2 Å². The monoisotopic (exact) mass is 461 g/mol. The average Bonchev–Trinajstić information content (AvgIpc) is 3.15. The maximum absolute atomic E-state index is 12.7. The van der Waals surface area contributed by atoms with Crippen LogP contribution in [0.1, 0.15) is 32.9 Å². The second kappa shape index (κ2) is 11.0. The second-order valence-corrected chi connectivity index (χ2v) is 7.59. The van der Waals surface area contributed by atoms with Crippen molar-refractivity contribution >= 4 is 18.1 Å². The molecule has 0 bridgehead atoms. The summed E-state index contributed by atoms with van der Waals surface area (Å²) in [5, 5.41) is 13.0. The van der Waals surface area contributed by atoms with Gasteiger partial charge in [-0.2, -0.15) is 5.10 Å². The number of methoxy groups -OCH3 is 1. The van der Waals surface area contributed by atoms with Gasteiger partial charge in [-0.05, 0) is 68.3 Å². The van der Waals surface area contributed by atoms with Gasteiger partial charge in [0.2, 0.25) is 0 Å². The van der Waals surface area contributed by atoms with E-state index >= 15 is 0 Å². The van der Waals surface area contributed by atoms with Crippen LogP contribution in [0.3, 0.4) is 0 Å². The Bertz CT molecular complexity index is 1220. The third-order valence-electron chi connectivity index (χ3n) is 5.10. The number of carbonyl (C=O) groups excluding carboxylic acids is 1. The van der Waals surface area contributed by atoms with Gasteiger partial charge in [0.1, 0.15) is 0 Å². The molecule has 176 valence electrons. The highest BCUT2D eigenvalue weighted by molar-refractivity contribution is 5.95. The van der Waals surface area contributed by atoms with E-state index in [0.29, 0.717) is 34.6 Å². The molecule has 2 N–H and O–H groups in total. The van der Waals surface area contributed by atoms with Gasteiger partial charge in [0.25, 0.3) is 5.91 Å². The molecule has 8 nitrogen and oxygen atoms in total. The van der Waals surface area contributed by atoms with E-state index in [1.54, 1.807) is 24.3 Å². The SMILES string of the molecule is C=CCc1cc(/C=N\NC(=O)c2cccc(-n3c(C)ccc3C)c2)cc(OC)c1OCC(=O)O. The fraction of sp³-hybridized carbons (Fsp3) is 0.192. The molecule has 1 amide bonds. The van der Waals surface area contributed by atoms with Gasteiger partial charge in [-0.1, -0.05) is 12.1 Å². The lowest BCUT2D eigenvalue weighted by Crippen LogP contribution is -2.18. The number of allylic oxidation sites excluding steroid dienone is 1. The number of hydrogen-bond donors (Lipinski definition) is 2. The maximum atomic E-state index is 12.7. The van der Waals surface area contributed by atoms with Crippen LogP contribution >= 0.6 is 0 Å². The van der Waals surface area contributed by atoms with Crippen LogP contribution in [-0.2, 0) is 11.2 Å². The maximum Gasteiger partial charge on any atom is 0.341 e. The van der Waals surface area contributed by atoms with Gasteiger partial charge in [-0.15, -0.1) is 6.58 Å². The number of hydrogen-bond acceptors (Lipinski definition) is 5. The van der Waals surface area contributed by atoms with Crippen molar-refractivity contribution in [2.75, 3.05) is 13.7 Å². The molecule has 3 rings (SSSR count). The molecular formula is C26H27N3O5. The lowest BCUT2D eigenvalue weighted by Gasteiger charge is -2.14. The van der Waals surface area contributed by atoms with Crippen molar-refractivity contribution in [1.82, 2.24) is 9.99 Å². The van der Waals surface area contributed by atoms with Gasteiger partial charge in [-0.3, -0.25) is 4.79 Å². The molecule has 0 fully saturated rings. The number of nitrogens with one attached hydrogen (secondary N) is 1. The highest BCUT2D eigenvalue weighted by Gasteiger charge is 2.14. The summed E-state index contributed by atoms with van der Waals surface area (Å²) in [6.07, 6.45) is 3.59. The molecule has 1 heterocycles. The smallest absolute Gasteiger partial charge is 0.341 e. The summed E-state index contributed by atoms with van der Waals surface area (Å²) in [5.74, 6) is -0.747. The van der Waals surface area contributed by atoms with Crippen molar-refractivity contribution in [3.63, 3.8) is 0 Å². The Kier molecular flexibility index (Phi) is 7.87. The van der Waals surface area contributed by atoms with Crippen LogP contribution in [-0.4, -0.2) is 41.5 Å². The first-order valence-corrected chi connectivity index (χ1v) is 10.6. The van der Waals surface area contributed by atoms with Crippen LogP contribution in [0.5, 0.6) is 11.5 Å². The first-order chi connectivity index (χ1) is 16.3. The van der Waals surface area contributed by atoms with Gasteiger partial charge < -0.3 is 19.1 Å². The van der Waals surface area contributed by atoms with Gasteiger partial charge in [0.05, 0.1) is 13.3 Å². The molecule has 8 heteroatoms. The molecule has 2 aromatic carbocycles. The first-order valence-electron chi connectivity index (χ1n) is 10.6. The van der Waals surface area contributed by atoms with Crippen molar-refractivity contribution < 1.29 is 24.2 Å². The van der Waals surface area contributed by atoms with E-state index in [2.05, 4.69) is 21.7 Å². The van der Waals surface area contributed by atoms with Gasteiger partial charge in [0, 0.05) is 28.2 Å². The Morgan fingerprint density at radius 2 is 1.88 bits per heavy atom. The summed E-state index contributed by atoms with van der Waals surface area (Å²) in [5.41, 5.74) is 7.40. The van der Waals surface area contributed by atoms with E-state index in [9.17, 15) is 9.59 Å². The van der Waals surface area contributed by atoms with Gasteiger partial charge >= 0.3 is 5.97 Å². The number of carboxylic acids is 1. The molecule has 0 aliphatic carbocycles. The average molecular weight is 462 g/mol. The highest BCUT2D eigenvalue weighted by atomic mass is 16.5. The predicted molar refractivity (Wildman–Crippen MR) is 130 cm³/mol. The number of ether oxygens (including phenoxy) is 2. The number of nitrogens with zero attached hydrogens (tertiary/aromatic N) is 2. The van der Waals surface area contributed by atoms with E-state index in [1.165, 1.54) is 13.3 Å². The molecule has 0 aliphatic heterocycles. The Labute approximate surface area is 198 Å². The summed E-state index contributed by atoms with van der Waals surface area (Å²) in [4.78, 5) is 23.6. The number of carbonyl (C=O) groups is 2. The molecular weight excluding hydrogens is 434 g/mol. The standard InChI is InChI=1S/C26H27N3O5/c1-5-7-20-12-19(13-23(33-4)25(20)34-16-24(30)31)15-27-28-26(32)21-8-6-9-22(14-21)29-17(2)10-11-18(29)3/h5-6,8-15H,1,7,16H2,2-4H3,(H,28,32)(H,30,31)/b27-15-. The van der Waals surface area contributed by atoms with Crippen molar-refractivity contribution in [2.24, 2.45) is 5.10 Å². The minimum absolute atomic E-state index is 0.332. The fourth-order valence-corrected chi connectivity index (χ4v) is 3.61. The summed E-state index contributed by atoms with van der Waals surface area (Å²) in [7, 11) is 1.46. The minimum atomic E-state index is -1.09. The van der Waals surface area contributed by atoms with Crippen molar-refractivity contribution in [3.8, 4) is 17.2 Å². The fourth-order valence-electron chi connectivity index (χ4n) is 3.61. The molecule has 0 saturated carbocycles. The molecule has 0 atom stereocenters. The predicted octanol–water partition coefficient (Wildman–Crippen LogP) is 4.06. The van der Waals surface area contributed by atoms with Crippen LogP contribution < -0.4 is 14.9 Å². The topological polar surface area (TPSA) is 102 Å². The normalized spacial score (nSPS) is 10.8. The third kappa shape index (κ3) is 5.72. The lowest BCUT2D eigenvalue weighted by molar-refractivity contribution is -0.139. The van der Waals surface area contributed by atoms with Crippen LogP contribution in [0.2, 0.25) is 0 Å². The molecule has 1 aromatic heterocycles. The number of carboxylic acid groups (broad SMARTS) is 1. The second-order valence-electron chi connectivity index (χ2n) is 7.59. The van der Waals surface area contributed by atoms with Gasteiger partial charge in [0.15, 0.2) is 18.1 Å². The zero-order valence-corrected chi connectivity index (χ0v) is 19.4. The van der Waals surface area contributed by atoms with E-state index in [-0.39, 0.29) is 5.91 Å². The molecule has 34 heavy (non-hydrogen) atoms. The largest absolute Gasteiger partial charge is 0.493 e. The Morgan fingerprint density at radius 1 is 1.15 bits per heavy atom. The number of hydrazone groups is 1. The summed E-state index contributed by atoms with van der Waals surface area (Å²) >= 11 is 0. The van der Waals surface area contributed by atoms with E-state index in [0.717, 1.165) is 17.1 Å². The molecule has 0 spiro atoms. The number of rotatable bonds is 10. The molecule has 0 unspecified atom stereocenters. The molecule has 0 radical (unpaired) electrons. The molecule has 3 aromatic rings. The van der Waals surface area contributed by atoms with Crippen molar-refractivity contribution in [1.29, 1.82) is 0 Å². The summed E-state index contributed by atoms with van der Waals surface area (Å²) in [6, 6.07) is 14.8. The Morgan fingerprint density at radius 3 is 2.53 bits per heavy atom. The number of aliphatic carboxylic acids is 1. The van der Waals surface area contributed by atoms with Crippen molar-refractivity contribution in [3.05, 3.63) is 89.3 Å². The number of aromatic nitrogens is 1. The summed E-state index contributed by atoms with van der Waals surface area (Å²) in [6.45, 7) is 7.25.